The highest BCUT2D eigenvalue weighted by atomic mass is 19.4. The van der Waals surface area contributed by atoms with Crippen LogP contribution in [0.15, 0.2) is 85.6 Å². The Kier molecular flexibility index (Phi) is 14.1. The monoisotopic (exact) mass is 842 g/mol. The number of carbonyl (C=O) groups is 4. The molecule has 1 aromatic heterocycles. The molecule has 322 valence electrons. The lowest BCUT2D eigenvalue weighted by atomic mass is 9.89. The maximum absolute atomic E-state index is 13.9. The van der Waals surface area contributed by atoms with Crippen LogP contribution < -0.4 is 36.2 Å². The van der Waals surface area contributed by atoms with Crippen LogP contribution in [0.5, 0.6) is 5.75 Å². The van der Waals surface area contributed by atoms with Gasteiger partial charge in [0.25, 0.3) is 0 Å². The number of nitrogens with one attached hydrogen (secondary N) is 5. The molecule has 0 spiro atoms. The smallest absolute Gasteiger partial charge is 0.421 e. The largest absolute Gasteiger partial charge is 0.494 e. The fraction of sp³-hybridized carbons (Fsp3) is 0.349. The molecule has 3 aromatic carbocycles. The van der Waals surface area contributed by atoms with Gasteiger partial charge < -0.3 is 35.8 Å². The molecular formula is C43H49F3N10O5. The molecule has 2 aliphatic rings. The number of para-hydroxylation sites is 1. The average molecular weight is 843 g/mol. The highest BCUT2D eigenvalue weighted by Gasteiger charge is 2.35. The highest BCUT2D eigenvalue weighted by Crippen LogP contribution is 2.39. The first-order chi connectivity index (χ1) is 29.2. The number of benzene rings is 3. The van der Waals surface area contributed by atoms with E-state index in [1.54, 1.807) is 61.5 Å². The van der Waals surface area contributed by atoms with Crippen LogP contribution in [0.4, 0.5) is 53.4 Å². The van der Waals surface area contributed by atoms with Crippen molar-refractivity contribution < 1.29 is 37.1 Å². The topological polar surface area (TPSA) is 173 Å². The first-order valence-electron chi connectivity index (χ1n) is 19.8. The fourth-order valence-corrected chi connectivity index (χ4v) is 7.12. The van der Waals surface area contributed by atoms with Crippen LogP contribution in [0.2, 0.25) is 0 Å². The Bertz CT molecular complexity index is 2220. The average Bonchev–Trinajstić information content (AvgIpc) is 3.24. The SMILES string of the molecule is C=CC(=O)Nc1cc(Nc2ncc(C(F)(F)F)c(Nc3ccccc3)n2)c(OC)cc1N(C)CCN(C)C(=O)CN1CCC(c2ccc(NC3CCC(=O)NC3=O)cc2)CC1. The van der Waals surface area contributed by atoms with Gasteiger partial charge in [0.15, 0.2) is 0 Å². The Balaban J connectivity index is 1.05. The zero-order chi connectivity index (χ0) is 43.7. The van der Waals surface area contributed by atoms with Gasteiger partial charge >= 0.3 is 6.18 Å². The Morgan fingerprint density at radius 1 is 0.967 bits per heavy atom. The van der Waals surface area contributed by atoms with Gasteiger partial charge in [-0.05, 0) is 80.2 Å². The van der Waals surface area contributed by atoms with E-state index in [9.17, 15) is 32.3 Å². The second-order valence-electron chi connectivity index (χ2n) is 14.9. The number of rotatable bonds is 16. The minimum absolute atomic E-state index is 0.0364. The number of likely N-dealkylation sites (N-methyl/N-ethyl adjacent to an activating group) is 2. The van der Waals surface area contributed by atoms with Crippen molar-refractivity contribution in [1.82, 2.24) is 25.1 Å². The van der Waals surface area contributed by atoms with Gasteiger partial charge in [0.2, 0.25) is 29.6 Å². The molecular weight excluding hydrogens is 794 g/mol. The van der Waals surface area contributed by atoms with Crippen molar-refractivity contribution in [3.8, 4) is 5.75 Å². The summed E-state index contributed by atoms with van der Waals surface area (Å²) < 4.78 is 47.4. The number of amides is 4. The summed E-state index contributed by atoms with van der Waals surface area (Å²) in [5, 5.41) is 14.0. The van der Waals surface area contributed by atoms with Crippen molar-refractivity contribution in [3.05, 3.63) is 96.7 Å². The third-order valence-corrected chi connectivity index (χ3v) is 10.7. The van der Waals surface area contributed by atoms with Crippen LogP contribution in [0.1, 0.15) is 42.7 Å². The molecule has 5 N–H and O–H groups in total. The normalized spacial score (nSPS) is 15.9. The number of halogens is 3. The van der Waals surface area contributed by atoms with Gasteiger partial charge in [-0.3, -0.25) is 29.4 Å². The van der Waals surface area contributed by atoms with E-state index < -0.39 is 29.5 Å². The molecule has 0 saturated carbocycles. The summed E-state index contributed by atoms with van der Waals surface area (Å²) in [5.74, 6) is -1.09. The molecule has 18 heteroatoms. The third-order valence-electron chi connectivity index (χ3n) is 10.7. The van der Waals surface area contributed by atoms with Gasteiger partial charge in [-0.2, -0.15) is 18.2 Å². The molecule has 15 nitrogen and oxygen atoms in total. The minimum Gasteiger partial charge on any atom is -0.494 e. The second kappa shape index (κ2) is 19.6. The van der Waals surface area contributed by atoms with E-state index in [0.717, 1.165) is 37.7 Å². The van der Waals surface area contributed by atoms with Gasteiger partial charge in [-0.1, -0.05) is 36.9 Å². The van der Waals surface area contributed by atoms with E-state index in [4.69, 9.17) is 4.74 Å². The van der Waals surface area contributed by atoms with E-state index in [-0.39, 0.29) is 41.7 Å². The van der Waals surface area contributed by atoms with E-state index >= 15 is 0 Å². The molecule has 1 atom stereocenters. The van der Waals surface area contributed by atoms with Crippen molar-refractivity contribution in [2.45, 2.75) is 43.8 Å². The molecule has 6 rings (SSSR count). The van der Waals surface area contributed by atoms with Crippen LogP contribution in [-0.4, -0.2) is 103 Å². The molecule has 4 amide bonds. The summed E-state index contributed by atoms with van der Waals surface area (Å²) in [7, 11) is 4.97. The predicted molar refractivity (Wildman–Crippen MR) is 227 cm³/mol. The van der Waals surface area contributed by atoms with E-state index in [1.165, 1.54) is 12.7 Å². The molecule has 4 aromatic rings. The van der Waals surface area contributed by atoms with Gasteiger partial charge in [0, 0.05) is 57.2 Å². The minimum atomic E-state index is -4.73. The molecule has 0 bridgehead atoms. The number of alkyl halides is 3. The van der Waals surface area contributed by atoms with Crippen LogP contribution in [0.3, 0.4) is 0 Å². The lowest BCUT2D eigenvalue weighted by Gasteiger charge is -2.33. The van der Waals surface area contributed by atoms with Crippen LogP contribution in [0, 0.1) is 0 Å². The summed E-state index contributed by atoms with van der Waals surface area (Å²) in [6.45, 7) is 6.07. The summed E-state index contributed by atoms with van der Waals surface area (Å²) >= 11 is 0. The van der Waals surface area contributed by atoms with Gasteiger partial charge in [-0.15, -0.1) is 0 Å². The molecule has 3 heterocycles. The lowest BCUT2D eigenvalue weighted by Crippen LogP contribution is -2.47. The number of likely N-dealkylation sites (tertiary alicyclic amines) is 1. The first-order valence-corrected chi connectivity index (χ1v) is 19.8. The number of carbonyl (C=O) groups excluding carboxylic acids is 4. The summed E-state index contributed by atoms with van der Waals surface area (Å²) in [5.41, 5.74) is 2.50. The van der Waals surface area contributed by atoms with E-state index in [2.05, 4.69) is 60.2 Å². The first kappa shape index (κ1) is 43.9. The predicted octanol–water partition coefficient (Wildman–Crippen LogP) is 6.11. The van der Waals surface area contributed by atoms with Crippen molar-refractivity contribution >= 4 is 63.8 Å². The molecule has 0 aliphatic carbocycles. The van der Waals surface area contributed by atoms with Gasteiger partial charge in [0.1, 0.15) is 23.2 Å². The molecule has 2 fully saturated rings. The number of anilines is 7. The van der Waals surface area contributed by atoms with Gasteiger partial charge in [-0.25, -0.2) is 4.98 Å². The Morgan fingerprint density at radius 3 is 2.34 bits per heavy atom. The number of nitrogens with zero attached hydrogens (tertiary/aromatic N) is 5. The Morgan fingerprint density at radius 2 is 1.69 bits per heavy atom. The van der Waals surface area contributed by atoms with Crippen molar-refractivity contribution in [2.24, 2.45) is 0 Å². The Hall–Kier alpha value is -6.69. The standard InChI is InChI=1S/C43H49F3N10O5/c1-5-37(57)50-33-23-34(51-42-47-25-31(43(44,45)46)40(53-42)49-29-9-7-6-8-10-29)36(61-4)24-35(33)54(2)21-22-55(3)39(59)26-56-19-17-28(18-20-56)27-11-13-30(14-12-27)48-32-15-16-38(58)52-41(32)60/h5-14,23-25,28,32,48H,1,15-22,26H2,2-4H3,(H,50,57)(H,52,58,60)(H2,47,49,51,53). The second-order valence-corrected chi connectivity index (χ2v) is 14.9. The summed E-state index contributed by atoms with van der Waals surface area (Å²) in [6, 6.07) is 19.1. The third kappa shape index (κ3) is 11.5. The van der Waals surface area contributed by atoms with E-state index in [0.29, 0.717) is 55.1 Å². The number of hydrogen-bond donors (Lipinski definition) is 5. The maximum atomic E-state index is 13.9. The fourth-order valence-electron chi connectivity index (χ4n) is 7.12. The maximum Gasteiger partial charge on any atom is 0.421 e. The van der Waals surface area contributed by atoms with Crippen LogP contribution in [-0.2, 0) is 25.4 Å². The number of imide groups is 1. The quantitative estimate of drug-likeness (QED) is 0.0649. The summed E-state index contributed by atoms with van der Waals surface area (Å²) in [4.78, 5) is 63.2. The van der Waals surface area contributed by atoms with Crippen molar-refractivity contribution in [3.63, 3.8) is 0 Å². The molecule has 61 heavy (non-hydrogen) atoms. The zero-order valence-electron chi connectivity index (χ0n) is 34.1. The van der Waals surface area contributed by atoms with Crippen LogP contribution >= 0.6 is 0 Å². The van der Waals surface area contributed by atoms with Crippen molar-refractivity contribution in [2.75, 3.05) is 80.1 Å². The summed E-state index contributed by atoms with van der Waals surface area (Å²) in [6.07, 6.45) is -0.387. The number of piperidine rings is 2. The lowest BCUT2D eigenvalue weighted by molar-refractivity contribution is -0.137. The van der Waals surface area contributed by atoms with Crippen molar-refractivity contribution in [1.29, 1.82) is 0 Å². The molecule has 1 unspecified atom stereocenters. The number of methoxy groups -OCH3 is 1. The van der Waals surface area contributed by atoms with E-state index in [1.807, 2.05) is 17.0 Å². The van der Waals surface area contributed by atoms with Crippen LogP contribution in [0.25, 0.3) is 0 Å². The molecule has 2 aliphatic heterocycles. The molecule has 2 saturated heterocycles. The number of ether oxygens (including phenoxy) is 1. The molecule has 0 radical (unpaired) electrons. The Labute approximate surface area is 351 Å². The number of aromatic nitrogens is 2. The number of hydrogen-bond acceptors (Lipinski definition) is 12. The zero-order valence-corrected chi connectivity index (χ0v) is 34.1. The highest BCUT2D eigenvalue weighted by molar-refractivity contribution is 6.02. The van der Waals surface area contributed by atoms with Gasteiger partial charge in [0.05, 0.1) is 30.7 Å².